The summed E-state index contributed by atoms with van der Waals surface area (Å²) in [4.78, 5) is 36.2. The Hall–Kier alpha value is -4.41. The summed E-state index contributed by atoms with van der Waals surface area (Å²) in [7, 11) is 0. The van der Waals surface area contributed by atoms with Crippen LogP contribution in [0.2, 0.25) is 0 Å². The van der Waals surface area contributed by atoms with E-state index in [9.17, 15) is 9.59 Å². The molecule has 0 radical (unpaired) electrons. The number of pyridine rings is 1. The van der Waals surface area contributed by atoms with Crippen molar-refractivity contribution < 1.29 is 19.1 Å². The second kappa shape index (κ2) is 10.4. The highest BCUT2D eigenvalue weighted by Gasteiger charge is 2.24. The smallest absolute Gasteiger partial charge is 0.317 e. The molecule has 39 heavy (non-hydrogen) atoms. The van der Waals surface area contributed by atoms with Gasteiger partial charge in [0, 0.05) is 60.3 Å². The van der Waals surface area contributed by atoms with E-state index in [0.29, 0.717) is 37.3 Å². The first-order chi connectivity index (χ1) is 18.9. The van der Waals surface area contributed by atoms with E-state index in [0.717, 1.165) is 32.5 Å². The molecule has 1 amide bonds. The van der Waals surface area contributed by atoms with Gasteiger partial charge in [0.15, 0.2) is 0 Å². The molecule has 0 unspecified atom stereocenters. The number of rotatable bonds is 6. The summed E-state index contributed by atoms with van der Waals surface area (Å²) in [5, 5.41) is 13.2. The number of halogens is 1. The van der Waals surface area contributed by atoms with Crippen LogP contribution < -0.4 is 5.32 Å². The van der Waals surface area contributed by atoms with Gasteiger partial charge in [-0.2, -0.15) is 0 Å². The molecule has 0 bridgehead atoms. The Labute approximate surface area is 227 Å². The van der Waals surface area contributed by atoms with Gasteiger partial charge < -0.3 is 15.3 Å². The van der Waals surface area contributed by atoms with Crippen molar-refractivity contribution in [2.45, 2.75) is 0 Å². The number of anilines is 2. The normalized spacial score (nSPS) is 14.1. The summed E-state index contributed by atoms with van der Waals surface area (Å²) in [6, 6.07) is 18.0. The minimum Gasteiger partial charge on any atom is -0.480 e. The van der Waals surface area contributed by atoms with E-state index < -0.39 is 11.8 Å². The summed E-state index contributed by atoms with van der Waals surface area (Å²) >= 11 is 1.59. The largest absolute Gasteiger partial charge is 0.480 e. The molecular formula is C29H24FN5O3S. The number of carboxylic acids is 1. The van der Waals surface area contributed by atoms with Crippen LogP contribution in [0.4, 0.5) is 15.8 Å². The molecule has 3 aromatic carbocycles. The Morgan fingerprint density at radius 3 is 2.59 bits per heavy atom. The summed E-state index contributed by atoms with van der Waals surface area (Å²) in [5.41, 5.74) is 6.57. The molecule has 0 spiro atoms. The molecule has 3 heterocycles. The standard InChI is InChI=1S/C29H24FN5O3S/c30-23-14-19(29(38)35-11-9-34(10-12-35)16-28(36)37)1-4-21(23)18-2-5-24-22(13-18)25(7-8-31-24)33-20-3-6-27-26(15-20)32-17-39-27/h1-8,13-15,17H,9-12,16H2,(H,31,33)(H,36,37). The summed E-state index contributed by atoms with van der Waals surface area (Å²) in [6.45, 7) is 1.69. The topological polar surface area (TPSA) is 98.7 Å². The van der Waals surface area contributed by atoms with Crippen molar-refractivity contribution >= 4 is 55.7 Å². The number of fused-ring (bicyclic) bond motifs is 2. The molecule has 1 fully saturated rings. The van der Waals surface area contributed by atoms with Gasteiger partial charge in [-0.05, 0) is 54.1 Å². The van der Waals surface area contributed by atoms with E-state index in [1.54, 1.807) is 39.5 Å². The van der Waals surface area contributed by atoms with Crippen molar-refractivity contribution in [1.82, 2.24) is 19.8 Å². The number of hydrogen-bond acceptors (Lipinski definition) is 7. The maximum absolute atomic E-state index is 15.4. The number of nitrogens with zero attached hydrogens (tertiary/aromatic N) is 4. The third kappa shape index (κ3) is 5.16. The third-order valence-corrected chi connectivity index (χ3v) is 7.71. The second-order valence-electron chi connectivity index (χ2n) is 9.41. The van der Waals surface area contributed by atoms with Crippen LogP contribution in [0, 0.1) is 5.82 Å². The fourth-order valence-corrected chi connectivity index (χ4v) is 5.54. The van der Waals surface area contributed by atoms with Gasteiger partial charge in [-0.3, -0.25) is 19.5 Å². The molecule has 196 valence electrons. The number of carbonyl (C=O) groups is 2. The first kappa shape index (κ1) is 24.9. The number of amides is 1. The van der Waals surface area contributed by atoms with Crippen molar-refractivity contribution in [2.24, 2.45) is 0 Å². The highest BCUT2D eigenvalue weighted by molar-refractivity contribution is 7.16. The molecule has 10 heteroatoms. The Balaban J connectivity index is 1.24. The molecule has 2 N–H and O–H groups in total. The van der Waals surface area contributed by atoms with Crippen LogP contribution in [0.3, 0.4) is 0 Å². The Bertz CT molecular complexity index is 1710. The van der Waals surface area contributed by atoms with E-state index >= 15 is 4.39 Å². The maximum atomic E-state index is 15.4. The summed E-state index contributed by atoms with van der Waals surface area (Å²) < 4.78 is 16.5. The predicted octanol–water partition coefficient (Wildman–Crippen LogP) is 5.24. The summed E-state index contributed by atoms with van der Waals surface area (Å²) in [5.74, 6) is -1.64. The number of nitrogens with one attached hydrogen (secondary N) is 1. The van der Waals surface area contributed by atoms with Gasteiger partial charge in [0.25, 0.3) is 5.91 Å². The van der Waals surface area contributed by atoms with Gasteiger partial charge in [-0.1, -0.05) is 12.1 Å². The van der Waals surface area contributed by atoms with Gasteiger partial charge in [0.1, 0.15) is 5.82 Å². The van der Waals surface area contributed by atoms with E-state index in [-0.39, 0.29) is 18.0 Å². The van der Waals surface area contributed by atoms with Gasteiger partial charge in [-0.25, -0.2) is 9.37 Å². The molecule has 6 rings (SSSR count). The SMILES string of the molecule is O=C(O)CN1CCN(C(=O)c2ccc(-c3ccc4nccc(Nc5ccc6scnc6c5)c4c3)c(F)c2)CC1. The zero-order valence-corrected chi connectivity index (χ0v) is 21.6. The van der Waals surface area contributed by atoms with E-state index in [1.807, 2.05) is 48.0 Å². The molecule has 0 aliphatic carbocycles. The molecule has 0 atom stereocenters. The highest BCUT2D eigenvalue weighted by Crippen LogP contribution is 2.32. The molecule has 1 saturated heterocycles. The molecule has 5 aromatic rings. The van der Waals surface area contributed by atoms with Crippen molar-refractivity contribution in [2.75, 3.05) is 38.0 Å². The lowest BCUT2D eigenvalue weighted by Crippen LogP contribution is -2.49. The monoisotopic (exact) mass is 541 g/mol. The van der Waals surface area contributed by atoms with Gasteiger partial charge in [-0.15, -0.1) is 11.3 Å². The first-order valence-corrected chi connectivity index (χ1v) is 13.3. The highest BCUT2D eigenvalue weighted by atomic mass is 32.1. The predicted molar refractivity (Wildman–Crippen MR) is 150 cm³/mol. The van der Waals surface area contributed by atoms with E-state index in [2.05, 4.69) is 15.3 Å². The number of hydrogen-bond donors (Lipinski definition) is 2. The molecule has 8 nitrogen and oxygen atoms in total. The number of aromatic nitrogens is 2. The fourth-order valence-electron chi connectivity index (χ4n) is 4.88. The van der Waals surface area contributed by atoms with E-state index in [1.165, 1.54) is 6.07 Å². The van der Waals surface area contributed by atoms with Gasteiger partial charge >= 0.3 is 5.97 Å². The molecule has 2 aromatic heterocycles. The lowest BCUT2D eigenvalue weighted by atomic mass is 10.00. The van der Waals surface area contributed by atoms with Gasteiger partial charge in [0.2, 0.25) is 0 Å². The average molecular weight is 542 g/mol. The summed E-state index contributed by atoms with van der Waals surface area (Å²) in [6.07, 6.45) is 1.73. The third-order valence-electron chi connectivity index (χ3n) is 6.90. The molecular weight excluding hydrogens is 517 g/mol. The zero-order valence-electron chi connectivity index (χ0n) is 20.8. The van der Waals surface area contributed by atoms with Crippen LogP contribution in [-0.4, -0.2) is 69.5 Å². The van der Waals surface area contributed by atoms with Crippen molar-refractivity contribution in [3.05, 3.63) is 83.8 Å². The number of aliphatic carboxylic acids is 1. The van der Waals surface area contributed by atoms with Crippen LogP contribution in [-0.2, 0) is 4.79 Å². The number of thiazole rings is 1. The number of carboxylic acid groups (broad SMARTS) is 1. The van der Waals surface area contributed by atoms with Crippen molar-refractivity contribution in [3.8, 4) is 11.1 Å². The maximum Gasteiger partial charge on any atom is 0.317 e. The number of benzene rings is 3. The van der Waals surface area contributed by atoms with Crippen LogP contribution in [0.25, 0.3) is 32.2 Å². The lowest BCUT2D eigenvalue weighted by Gasteiger charge is -2.33. The second-order valence-corrected chi connectivity index (χ2v) is 10.3. The quantitative estimate of drug-likeness (QED) is 0.304. The van der Waals surface area contributed by atoms with E-state index in [4.69, 9.17) is 5.11 Å². The van der Waals surface area contributed by atoms with Crippen molar-refractivity contribution in [1.29, 1.82) is 0 Å². The minimum atomic E-state index is -0.892. The molecule has 1 aliphatic rings. The molecule has 0 saturated carbocycles. The number of piperazine rings is 1. The fraction of sp³-hybridized carbons (Fsp3) is 0.172. The van der Waals surface area contributed by atoms with Crippen molar-refractivity contribution in [3.63, 3.8) is 0 Å². The lowest BCUT2D eigenvalue weighted by molar-refractivity contribution is -0.138. The van der Waals surface area contributed by atoms with Crippen LogP contribution in [0.5, 0.6) is 0 Å². The Morgan fingerprint density at radius 2 is 1.79 bits per heavy atom. The van der Waals surface area contributed by atoms with Crippen LogP contribution >= 0.6 is 11.3 Å². The number of carbonyl (C=O) groups excluding carboxylic acids is 1. The van der Waals surface area contributed by atoms with Crippen LogP contribution in [0.15, 0.2) is 72.4 Å². The molecule has 1 aliphatic heterocycles. The minimum absolute atomic E-state index is 0.0507. The van der Waals surface area contributed by atoms with Crippen LogP contribution in [0.1, 0.15) is 10.4 Å². The first-order valence-electron chi connectivity index (χ1n) is 12.5. The Morgan fingerprint density at radius 1 is 0.949 bits per heavy atom. The Kier molecular flexibility index (Phi) is 6.64. The zero-order chi connectivity index (χ0) is 26.9. The average Bonchev–Trinajstić information content (AvgIpc) is 3.41. The van der Waals surface area contributed by atoms with Gasteiger partial charge in [0.05, 0.1) is 27.8 Å².